The van der Waals surface area contributed by atoms with Gasteiger partial charge in [0.2, 0.25) is 5.82 Å². The highest BCUT2D eigenvalue weighted by Gasteiger charge is 2.16. The van der Waals surface area contributed by atoms with Crippen LogP contribution in [0.3, 0.4) is 0 Å². The number of ether oxygens (including phenoxy) is 1. The van der Waals surface area contributed by atoms with Gasteiger partial charge in [-0.1, -0.05) is 15.9 Å². The van der Waals surface area contributed by atoms with Gasteiger partial charge in [-0.2, -0.15) is 4.39 Å². The Labute approximate surface area is 120 Å². The van der Waals surface area contributed by atoms with Crippen LogP contribution in [0.5, 0.6) is 5.75 Å². The second-order valence-electron chi connectivity index (χ2n) is 3.72. The smallest absolute Gasteiger partial charge is 0.268 e. The van der Waals surface area contributed by atoms with Gasteiger partial charge in [-0.3, -0.25) is 10.2 Å². The summed E-state index contributed by atoms with van der Waals surface area (Å²) in [7, 11) is 0. The van der Waals surface area contributed by atoms with Gasteiger partial charge in [-0.25, -0.2) is 10.2 Å². The second kappa shape index (κ2) is 6.02. The number of carbonyl (C=O) groups is 1. The quantitative estimate of drug-likeness (QED) is 0.386. The zero-order valence-electron chi connectivity index (χ0n) is 9.95. The Kier molecular flexibility index (Phi) is 4.35. The van der Waals surface area contributed by atoms with Crippen LogP contribution in [0.1, 0.15) is 16.1 Å². The van der Waals surface area contributed by atoms with Crippen LogP contribution in [0.2, 0.25) is 0 Å². The Morgan fingerprint density at radius 2 is 2.20 bits per heavy atom. The zero-order chi connectivity index (χ0) is 14.7. The third kappa shape index (κ3) is 2.97. The Bertz CT molecular complexity index is 646. The summed E-state index contributed by atoms with van der Waals surface area (Å²) in [6.45, 7) is -0.247. The van der Waals surface area contributed by atoms with Crippen LogP contribution in [0.4, 0.5) is 8.78 Å². The van der Waals surface area contributed by atoms with Gasteiger partial charge in [0.15, 0.2) is 17.3 Å². The Morgan fingerprint density at radius 1 is 1.45 bits per heavy atom. The number of benzene rings is 1. The van der Waals surface area contributed by atoms with Crippen LogP contribution in [0.15, 0.2) is 33.4 Å². The van der Waals surface area contributed by atoms with E-state index in [2.05, 4.69) is 15.9 Å². The van der Waals surface area contributed by atoms with Crippen molar-refractivity contribution in [2.24, 2.45) is 5.84 Å². The van der Waals surface area contributed by atoms with Crippen molar-refractivity contribution in [2.75, 3.05) is 0 Å². The molecule has 0 saturated heterocycles. The molecule has 0 bridgehead atoms. The van der Waals surface area contributed by atoms with E-state index in [9.17, 15) is 13.6 Å². The molecule has 0 aliphatic rings. The number of amides is 1. The summed E-state index contributed by atoms with van der Waals surface area (Å²) in [4.78, 5) is 11.4. The molecular formula is C12H9BrF2N2O3. The van der Waals surface area contributed by atoms with Crippen LogP contribution in [0, 0.1) is 11.6 Å². The number of carbonyl (C=O) groups excluding carboxylic acids is 1. The highest BCUT2D eigenvalue weighted by molar-refractivity contribution is 9.10. The SMILES string of the molecule is NNC(=O)c1ccoc1COc1cc(Br)cc(F)c1F. The molecule has 0 saturated carbocycles. The zero-order valence-corrected chi connectivity index (χ0v) is 11.5. The summed E-state index contributed by atoms with van der Waals surface area (Å²) in [5.41, 5.74) is 2.10. The molecule has 0 radical (unpaired) electrons. The number of furan rings is 1. The molecule has 1 amide bonds. The van der Waals surface area contributed by atoms with Crippen LogP contribution in [-0.2, 0) is 6.61 Å². The number of nitrogens with one attached hydrogen (secondary N) is 1. The Hall–Kier alpha value is -1.93. The van der Waals surface area contributed by atoms with Crippen LogP contribution < -0.4 is 16.0 Å². The fourth-order valence-electron chi connectivity index (χ4n) is 1.51. The summed E-state index contributed by atoms with van der Waals surface area (Å²) in [6.07, 6.45) is 1.26. The molecule has 1 aromatic heterocycles. The van der Waals surface area contributed by atoms with Gasteiger partial charge >= 0.3 is 0 Å². The summed E-state index contributed by atoms with van der Waals surface area (Å²) >= 11 is 3.02. The number of nitrogens with two attached hydrogens (primary N) is 1. The Morgan fingerprint density at radius 3 is 2.90 bits per heavy atom. The van der Waals surface area contributed by atoms with E-state index < -0.39 is 17.5 Å². The van der Waals surface area contributed by atoms with Gasteiger partial charge in [0, 0.05) is 4.47 Å². The van der Waals surface area contributed by atoms with Crippen LogP contribution >= 0.6 is 15.9 Å². The van der Waals surface area contributed by atoms with E-state index in [1.165, 1.54) is 18.4 Å². The minimum Gasteiger partial charge on any atom is -0.482 e. The predicted octanol–water partition coefficient (Wildman–Crippen LogP) is 2.50. The molecule has 0 unspecified atom stereocenters. The molecule has 2 rings (SSSR count). The molecule has 3 N–H and O–H groups in total. The fourth-order valence-corrected chi connectivity index (χ4v) is 1.92. The topological polar surface area (TPSA) is 77.5 Å². The maximum Gasteiger partial charge on any atom is 0.268 e. The van der Waals surface area contributed by atoms with Crippen molar-refractivity contribution in [1.29, 1.82) is 0 Å². The normalized spacial score (nSPS) is 10.4. The molecular weight excluding hydrogens is 338 g/mol. The monoisotopic (exact) mass is 346 g/mol. The molecule has 1 aromatic carbocycles. The highest BCUT2D eigenvalue weighted by Crippen LogP contribution is 2.26. The lowest BCUT2D eigenvalue weighted by molar-refractivity contribution is 0.0949. The molecule has 0 spiro atoms. The second-order valence-corrected chi connectivity index (χ2v) is 4.63. The first-order chi connectivity index (χ1) is 9.52. The lowest BCUT2D eigenvalue weighted by Crippen LogP contribution is -2.30. The van der Waals surface area contributed by atoms with E-state index in [0.29, 0.717) is 4.47 Å². The lowest BCUT2D eigenvalue weighted by Gasteiger charge is -2.08. The molecule has 5 nitrogen and oxygen atoms in total. The van der Waals surface area contributed by atoms with E-state index in [1.807, 2.05) is 5.43 Å². The molecule has 0 aliphatic carbocycles. The largest absolute Gasteiger partial charge is 0.482 e. The maximum atomic E-state index is 13.5. The van der Waals surface area contributed by atoms with Crippen molar-refractivity contribution < 1.29 is 22.7 Å². The number of hydrogen-bond donors (Lipinski definition) is 2. The molecule has 20 heavy (non-hydrogen) atoms. The lowest BCUT2D eigenvalue weighted by atomic mass is 10.2. The minimum absolute atomic E-state index is 0.146. The Balaban J connectivity index is 2.18. The van der Waals surface area contributed by atoms with Crippen molar-refractivity contribution in [1.82, 2.24) is 5.43 Å². The summed E-state index contributed by atoms with van der Waals surface area (Å²) < 4.78 is 37.1. The standard InChI is InChI=1S/C12H9BrF2N2O3/c13-6-3-8(14)11(15)9(4-6)20-5-10-7(1-2-19-10)12(18)17-16/h1-4H,5,16H2,(H,17,18). The molecule has 2 aromatic rings. The van der Waals surface area contributed by atoms with E-state index in [4.69, 9.17) is 15.0 Å². The van der Waals surface area contributed by atoms with Gasteiger partial charge in [0.25, 0.3) is 5.91 Å². The van der Waals surface area contributed by atoms with Gasteiger partial charge in [0.05, 0.1) is 11.8 Å². The summed E-state index contributed by atoms with van der Waals surface area (Å²) in [5, 5.41) is 0. The molecule has 0 aliphatic heterocycles. The molecule has 0 fully saturated rings. The first-order valence-corrected chi connectivity index (χ1v) is 6.17. The van der Waals surface area contributed by atoms with Gasteiger partial charge in [-0.15, -0.1) is 0 Å². The first-order valence-electron chi connectivity index (χ1n) is 5.37. The minimum atomic E-state index is -1.12. The number of halogens is 3. The molecule has 1 heterocycles. The number of hydrazine groups is 1. The van der Waals surface area contributed by atoms with Gasteiger partial charge in [-0.05, 0) is 18.2 Å². The van der Waals surface area contributed by atoms with E-state index in [0.717, 1.165) is 6.07 Å². The van der Waals surface area contributed by atoms with E-state index in [1.54, 1.807) is 0 Å². The predicted molar refractivity (Wildman–Crippen MR) is 68.8 cm³/mol. The number of hydrogen-bond acceptors (Lipinski definition) is 4. The van der Waals surface area contributed by atoms with Gasteiger partial charge in [0.1, 0.15) is 6.61 Å². The van der Waals surface area contributed by atoms with Crippen molar-refractivity contribution in [3.05, 3.63) is 51.9 Å². The fraction of sp³-hybridized carbons (Fsp3) is 0.0833. The number of nitrogen functional groups attached to an aromatic ring is 1. The van der Waals surface area contributed by atoms with Crippen molar-refractivity contribution in [2.45, 2.75) is 6.61 Å². The third-order valence-electron chi connectivity index (χ3n) is 2.44. The third-order valence-corrected chi connectivity index (χ3v) is 2.90. The average Bonchev–Trinajstić information content (AvgIpc) is 2.88. The number of rotatable bonds is 4. The van der Waals surface area contributed by atoms with E-state index >= 15 is 0 Å². The van der Waals surface area contributed by atoms with Crippen LogP contribution in [-0.4, -0.2) is 5.91 Å². The summed E-state index contributed by atoms with van der Waals surface area (Å²) in [6, 6.07) is 3.63. The maximum absolute atomic E-state index is 13.5. The molecule has 106 valence electrons. The summed E-state index contributed by atoms with van der Waals surface area (Å²) in [5.74, 6) is 2.11. The first kappa shape index (κ1) is 14.5. The van der Waals surface area contributed by atoms with Crippen molar-refractivity contribution in [3.63, 3.8) is 0 Å². The highest BCUT2D eigenvalue weighted by atomic mass is 79.9. The average molecular weight is 347 g/mol. The van der Waals surface area contributed by atoms with E-state index in [-0.39, 0.29) is 23.7 Å². The van der Waals surface area contributed by atoms with Crippen molar-refractivity contribution in [3.8, 4) is 5.75 Å². The molecule has 0 atom stereocenters. The van der Waals surface area contributed by atoms with Crippen LogP contribution in [0.25, 0.3) is 0 Å². The molecule has 8 heteroatoms. The van der Waals surface area contributed by atoms with Gasteiger partial charge < -0.3 is 9.15 Å². The van der Waals surface area contributed by atoms with Crippen molar-refractivity contribution >= 4 is 21.8 Å².